The van der Waals surface area contributed by atoms with Crippen LogP contribution in [-0.4, -0.2) is 30.7 Å². The van der Waals surface area contributed by atoms with Gasteiger partial charge < -0.3 is 10.2 Å². The monoisotopic (exact) mass is 255 g/mol. The molecule has 0 aromatic carbocycles. The number of rotatable bonds is 1. The molecule has 0 amide bonds. The molecule has 1 aliphatic heterocycles. The standard InChI is InChI=1S/C10H14BrN3/c1-8-7-12-4-5-14(8)10-6-9(11)2-3-13-10/h2-3,6,8,12H,4-5,7H2,1H3/t8-/m0/s1. The third kappa shape index (κ3) is 2.07. The Hall–Kier alpha value is -0.610. The molecule has 0 radical (unpaired) electrons. The number of nitrogens with zero attached hydrogens (tertiary/aromatic N) is 2. The van der Waals surface area contributed by atoms with Crippen LogP contribution in [-0.2, 0) is 0 Å². The van der Waals surface area contributed by atoms with Crippen molar-refractivity contribution >= 4 is 21.7 Å². The van der Waals surface area contributed by atoms with Crippen molar-refractivity contribution < 1.29 is 0 Å². The third-order valence-corrected chi connectivity index (χ3v) is 3.00. The number of hydrogen-bond acceptors (Lipinski definition) is 3. The van der Waals surface area contributed by atoms with Gasteiger partial charge in [0.15, 0.2) is 0 Å². The van der Waals surface area contributed by atoms with E-state index in [1.54, 1.807) is 0 Å². The second-order valence-electron chi connectivity index (χ2n) is 3.58. The second kappa shape index (κ2) is 4.28. The summed E-state index contributed by atoms with van der Waals surface area (Å²) in [6.07, 6.45) is 1.84. The molecule has 2 rings (SSSR count). The molecule has 4 heteroatoms. The number of pyridine rings is 1. The summed E-state index contributed by atoms with van der Waals surface area (Å²) in [5, 5.41) is 3.37. The Kier molecular flexibility index (Phi) is 3.03. The minimum Gasteiger partial charge on any atom is -0.351 e. The SMILES string of the molecule is C[C@H]1CNCCN1c1cc(Br)ccn1. The summed E-state index contributed by atoms with van der Waals surface area (Å²) in [4.78, 5) is 6.72. The van der Waals surface area contributed by atoms with E-state index < -0.39 is 0 Å². The summed E-state index contributed by atoms with van der Waals surface area (Å²) in [6.45, 7) is 5.33. The molecule has 14 heavy (non-hydrogen) atoms. The molecule has 76 valence electrons. The number of piperazine rings is 1. The van der Waals surface area contributed by atoms with E-state index in [9.17, 15) is 0 Å². The zero-order valence-electron chi connectivity index (χ0n) is 8.20. The molecule has 1 N–H and O–H groups in total. The molecule has 1 fully saturated rings. The quantitative estimate of drug-likeness (QED) is 0.828. The topological polar surface area (TPSA) is 28.2 Å². The number of hydrogen-bond donors (Lipinski definition) is 1. The lowest BCUT2D eigenvalue weighted by Gasteiger charge is -2.34. The number of aromatic nitrogens is 1. The molecule has 2 heterocycles. The van der Waals surface area contributed by atoms with Gasteiger partial charge in [-0.2, -0.15) is 0 Å². The van der Waals surface area contributed by atoms with Gasteiger partial charge in [0.25, 0.3) is 0 Å². The zero-order chi connectivity index (χ0) is 9.97. The van der Waals surface area contributed by atoms with Crippen molar-refractivity contribution in [1.29, 1.82) is 0 Å². The van der Waals surface area contributed by atoms with E-state index in [1.165, 1.54) is 0 Å². The maximum atomic E-state index is 4.38. The number of nitrogens with one attached hydrogen (secondary N) is 1. The van der Waals surface area contributed by atoms with Crippen LogP contribution in [0.2, 0.25) is 0 Å². The highest BCUT2D eigenvalue weighted by molar-refractivity contribution is 9.10. The highest BCUT2D eigenvalue weighted by Gasteiger charge is 2.18. The summed E-state index contributed by atoms with van der Waals surface area (Å²) < 4.78 is 1.09. The lowest BCUT2D eigenvalue weighted by molar-refractivity contribution is 0.497. The van der Waals surface area contributed by atoms with E-state index in [0.717, 1.165) is 29.9 Å². The van der Waals surface area contributed by atoms with Crippen LogP contribution in [0.25, 0.3) is 0 Å². The Bertz CT molecular complexity index is 316. The smallest absolute Gasteiger partial charge is 0.129 e. The predicted molar refractivity (Wildman–Crippen MR) is 61.6 cm³/mol. The van der Waals surface area contributed by atoms with Crippen LogP contribution in [0.5, 0.6) is 0 Å². The van der Waals surface area contributed by atoms with Crippen molar-refractivity contribution in [2.45, 2.75) is 13.0 Å². The average molecular weight is 256 g/mol. The van der Waals surface area contributed by atoms with Gasteiger partial charge in [0, 0.05) is 36.3 Å². The highest BCUT2D eigenvalue weighted by Crippen LogP contribution is 2.19. The summed E-state index contributed by atoms with van der Waals surface area (Å²) >= 11 is 3.47. The molecular weight excluding hydrogens is 242 g/mol. The summed E-state index contributed by atoms with van der Waals surface area (Å²) in [5.41, 5.74) is 0. The van der Waals surface area contributed by atoms with Crippen LogP contribution in [0, 0.1) is 0 Å². The lowest BCUT2D eigenvalue weighted by Crippen LogP contribution is -2.50. The predicted octanol–water partition coefficient (Wildman–Crippen LogP) is 1.64. The maximum Gasteiger partial charge on any atom is 0.129 e. The molecule has 0 bridgehead atoms. The fourth-order valence-electron chi connectivity index (χ4n) is 1.73. The van der Waals surface area contributed by atoms with E-state index in [4.69, 9.17) is 0 Å². The first-order valence-corrected chi connectivity index (χ1v) is 5.65. The van der Waals surface area contributed by atoms with Crippen LogP contribution in [0.15, 0.2) is 22.8 Å². The lowest BCUT2D eigenvalue weighted by atomic mass is 10.2. The van der Waals surface area contributed by atoms with Crippen LogP contribution in [0.3, 0.4) is 0 Å². The van der Waals surface area contributed by atoms with Crippen molar-refractivity contribution in [3.63, 3.8) is 0 Å². The van der Waals surface area contributed by atoms with E-state index in [1.807, 2.05) is 12.3 Å². The van der Waals surface area contributed by atoms with Gasteiger partial charge in [0.05, 0.1) is 0 Å². The van der Waals surface area contributed by atoms with Gasteiger partial charge in [0.2, 0.25) is 0 Å². The normalized spacial score (nSPS) is 22.4. The van der Waals surface area contributed by atoms with Crippen molar-refractivity contribution in [3.8, 4) is 0 Å². The van der Waals surface area contributed by atoms with Gasteiger partial charge >= 0.3 is 0 Å². The van der Waals surface area contributed by atoms with Crippen molar-refractivity contribution in [2.24, 2.45) is 0 Å². The minimum atomic E-state index is 0.519. The number of halogens is 1. The Labute approximate surface area is 92.6 Å². The average Bonchev–Trinajstić information content (AvgIpc) is 2.18. The van der Waals surface area contributed by atoms with E-state index in [0.29, 0.717) is 6.04 Å². The van der Waals surface area contributed by atoms with Gasteiger partial charge in [0.1, 0.15) is 5.82 Å². The van der Waals surface area contributed by atoms with Crippen LogP contribution in [0.1, 0.15) is 6.92 Å². The first-order valence-electron chi connectivity index (χ1n) is 4.86. The van der Waals surface area contributed by atoms with Crippen LogP contribution < -0.4 is 10.2 Å². The zero-order valence-corrected chi connectivity index (χ0v) is 9.79. The van der Waals surface area contributed by atoms with Gasteiger partial charge in [-0.3, -0.25) is 0 Å². The molecule has 0 unspecified atom stereocenters. The number of anilines is 1. The van der Waals surface area contributed by atoms with E-state index >= 15 is 0 Å². The van der Waals surface area contributed by atoms with Gasteiger partial charge in [-0.1, -0.05) is 15.9 Å². The second-order valence-corrected chi connectivity index (χ2v) is 4.49. The molecule has 1 aromatic rings. The molecule has 1 saturated heterocycles. The van der Waals surface area contributed by atoms with Crippen LogP contribution >= 0.6 is 15.9 Å². The molecule has 3 nitrogen and oxygen atoms in total. The largest absolute Gasteiger partial charge is 0.351 e. The van der Waals surface area contributed by atoms with Crippen molar-refractivity contribution in [2.75, 3.05) is 24.5 Å². The van der Waals surface area contributed by atoms with E-state index in [2.05, 4.69) is 44.1 Å². The van der Waals surface area contributed by atoms with Gasteiger partial charge in [-0.05, 0) is 19.1 Å². The molecule has 0 aliphatic carbocycles. The summed E-state index contributed by atoms with van der Waals surface area (Å²) in [6, 6.07) is 4.55. The summed E-state index contributed by atoms with van der Waals surface area (Å²) in [5.74, 6) is 1.06. The molecule has 0 saturated carbocycles. The fourth-order valence-corrected chi connectivity index (χ4v) is 2.05. The Balaban J connectivity index is 2.20. The Morgan fingerprint density at radius 3 is 3.21 bits per heavy atom. The molecular formula is C10H14BrN3. The Morgan fingerprint density at radius 1 is 1.64 bits per heavy atom. The van der Waals surface area contributed by atoms with Crippen LogP contribution in [0.4, 0.5) is 5.82 Å². The molecule has 0 spiro atoms. The van der Waals surface area contributed by atoms with Crippen molar-refractivity contribution in [3.05, 3.63) is 22.8 Å². The first kappa shape index (κ1) is 9.93. The van der Waals surface area contributed by atoms with Gasteiger partial charge in [-0.15, -0.1) is 0 Å². The highest BCUT2D eigenvalue weighted by atomic mass is 79.9. The first-order chi connectivity index (χ1) is 6.77. The molecule has 1 aliphatic rings. The van der Waals surface area contributed by atoms with Crippen molar-refractivity contribution in [1.82, 2.24) is 10.3 Å². The molecule has 1 aromatic heterocycles. The Morgan fingerprint density at radius 2 is 2.50 bits per heavy atom. The minimum absolute atomic E-state index is 0.519. The van der Waals surface area contributed by atoms with E-state index in [-0.39, 0.29) is 0 Å². The van der Waals surface area contributed by atoms with Gasteiger partial charge in [-0.25, -0.2) is 4.98 Å². The fraction of sp³-hybridized carbons (Fsp3) is 0.500. The molecule has 1 atom stereocenters. The maximum absolute atomic E-state index is 4.38. The summed E-state index contributed by atoms with van der Waals surface area (Å²) in [7, 11) is 0. The third-order valence-electron chi connectivity index (χ3n) is 2.50.